The van der Waals surface area contributed by atoms with Crippen molar-refractivity contribution in [3.8, 4) is 0 Å². The van der Waals surface area contributed by atoms with E-state index in [0.29, 0.717) is 17.1 Å². The predicted molar refractivity (Wildman–Crippen MR) is 158 cm³/mol. The van der Waals surface area contributed by atoms with E-state index in [-0.39, 0.29) is 62.4 Å². The molecule has 1 aliphatic heterocycles. The third-order valence-corrected chi connectivity index (χ3v) is 7.91. The van der Waals surface area contributed by atoms with Gasteiger partial charge in [0, 0.05) is 17.1 Å². The van der Waals surface area contributed by atoms with Crippen molar-refractivity contribution in [1.82, 2.24) is 19.9 Å². The van der Waals surface area contributed by atoms with Crippen LogP contribution in [0.15, 0.2) is 76.5 Å². The zero-order chi connectivity index (χ0) is 30.9. The number of hydrogen-bond acceptors (Lipinski definition) is 12. The molecule has 5 N–H and O–H groups in total. The van der Waals surface area contributed by atoms with Gasteiger partial charge in [-0.3, -0.25) is 34.1 Å². The van der Waals surface area contributed by atoms with E-state index in [9.17, 15) is 35.5 Å². The molecule has 1 aromatic heterocycles. The Morgan fingerprint density at radius 3 is 1.45 bits per heavy atom. The largest absolute Gasteiger partial charge is 1.00 e. The normalized spacial score (nSPS) is 12.8. The zero-order valence-corrected chi connectivity index (χ0v) is 25.7. The Labute approximate surface area is 264 Å². The molecule has 1 atom stereocenters. The van der Waals surface area contributed by atoms with Crippen LogP contribution < -0.4 is 16.0 Å². The first kappa shape index (κ1) is 32.9. The third kappa shape index (κ3) is 7.36. The fraction of sp³-hybridized carbons (Fsp3) is 0.0400. The number of nitrogens with one attached hydrogen (secondary N) is 3. The van der Waals surface area contributed by atoms with Gasteiger partial charge >= 0.3 is 17.1 Å². The summed E-state index contributed by atoms with van der Waals surface area (Å²) >= 11 is 0. The van der Waals surface area contributed by atoms with Gasteiger partial charge in [0.25, 0.3) is 32.1 Å². The Morgan fingerprint density at radius 1 is 0.659 bits per heavy atom. The number of amides is 2. The van der Waals surface area contributed by atoms with Gasteiger partial charge in [-0.1, -0.05) is 6.54 Å². The van der Waals surface area contributed by atoms with Crippen molar-refractivity contribution in [3.05, 3.63) is 84.0 Å². The van der Waals surface area contributed by atoms with Crippen molar-refractivity contribution in [2.75, 3.05) is 22.5 Å². The summed E-state index contributed by atoms with van der Waals surface area (Å²) in [7, 11) is -6.45. The maximum Gasteiger partial charge on any atom is 1.00 e. The minimum Gasteiger partial charge on any atom is -0.324 e. The molecular formula is C25H21CuN7O8PS2. The second-order valence-corrected chi connectivity index (χ2v) is 12.2. The minimum atomic E-state index is -4.40. The molecule has 0 aliphatic carbocycles. The number of carbonyl (C=O) groups is 2. The number of aromatic nitrogens is 3. The molecule has 0 saturated carbocycles. The zero-order valence-electron chi connectivity index (χ0n) is 22.0. The van der Waals surface area contributed by atoms with Crippen molar-refractivity contribution in [2.45, 2.75) is 9.79 Å². The molecule has 0 radical (unpaired) electrons. The molecule has 2 heterocycles. The first-order chi connectivity index (χ1) is 20.3. The molecule has 1 aliphatic rings. The second-order valence-electron chi connectivity index (χ2n) is 8.90. The van der Waals surface area contributed by atoms with Crippen LogP contribution >= 0.6 is 9.24 Å². The molecule has 0 spiro atoms. The van der Waals surface area contributed by atoms with Crippen molar-refractivity contribution >= 4 is 76.2 Å². The Bertz CT molecular complexity index is 1870. The molecule has 1 unspecified atom stereocenters. The molecular weight excluding hydrogens is 685 g/mol. The van der Waals surface area contributed by atoms with Crippen LogP contribution in [0.4, 0.5) is 34.9 Å². The average Bonchev–Trinajstić information content (AvgIpc) is 3.17. The molecule has 0 fully saturated rings. The number of imide groups is 1. The molecule has 44 heavy (non-hydrogen) atoms. The quantitative estimate of drug-likeness (QED) is 0.0526. The van der Waals surface area contributed by atoms with Gasteiger partial charge < -0.3 is 20.9 Å². The number of fused-ring (bicyclic) bond motifs is 1. The SMILES string of the molecule is O=C1c2ccc(Nc3nc(Nc4ccc(S(=O)(=O)O)cc4)nc(Nc4ccc(S(=O)(=O)O)cc4)n3)cc2C(=O)N1C[CH-]P.[Cu+]. The van der Waals surface area contributed by atoms with Gasteiger partial charge in [0.1, 0.15) is 0 Å². The molecule has 3 aromatic carbocycles. The Kier molecular flexibility index (Phi) is 9.65. The summed E-state index contributed by atoms with van der Waals surface area (Å²) in [5.41, 5.74) is 1.56. The summed E-state index contributed by atoms with van der Waals surface area (Å²) in [6.07, 6.45) is 1.61. The van der Waals surface area contributed by atoms with Crippen LogP contribution in [0.3, 0.4) is 0 Å². The molecule has 0 saturated heterocycles. The van der Waals surface area contributed by atoms with Crippen LogP contribution in [0.25, 0.3) is 0 Å². The maximum absolute atomic E-state index is 12.8. The first-order valence-electron chi connectivity index (χ1n) is 12.1. The van der Waals surface area contributed by atoms with Gasteiger partial charge in [-0.2, -0.15) is 31.8 Å². The summed E-state index contributed by atoms with van der Waals surface area (Å²) < 4.78 is 63.9. The van der Waals surface area contributed by atoms with Gasteiger partial charge in [-0.25, -0.2) is 0 Å². The van der Waals surface area contributed by atoms with Crippen molar-refractivity contribution in [1.29, 1.82) is 0 Å². The smallest absolute Gasteiger partial charge is 0.324 e. The number of benzene rings is 3. The molecule has 5 rings (SSSR count). The number of anilines is 6. The summed E-state index contributed by atoms with van der Waals surface area (Å²) in [5, 5.41) is 8.76. The minimum absolute atomic E-state index is 0. The van der Waals surface area contributed by atoms with E-state index in [4.69, 9.17) is 0 Å². The number of carbonyl (C=O) groups excluding carboxylic acids is 2. The second kappa shape index (κ2) is 12.9. The van der Waals surface area contributed by atoms with Crippen LogP contribution in [-0.4, -0.2) is 64.2 Å². The maximum atomic E-state index is 12.8. The van der Waals surface area contributed by atoms with Crippen LogP contribution in [0.2, 0.25) is 0 Å². The summed E-state index contributed by atoms with van der Waals surface area (Å²) in [6.45, 7) is 0.133. The molecule has 2 amide bonds. The van der Waals surface area contributed by atoms with Gasteiger partial charge in [0.2, 0.25) is 17.8 Å². The van der Waals surface area contributed by atoms with E-state index in [0.717, 1.165) is 4.90 Å². The van der Waals surface area contributed by atoms with E-state index < -0.39 is 32.1 Å². The summed E-state index contributed by atoms with van der Waals surface area (Å²) in [6, 6.07) is 14.8. The fourth-order valence-electron chi connectivity index (χ4n) is 3.99. The molecule has 4 aromatic rings. The van der Waals surface area contributed by atoms with Crippen LogP contribution in [0.5, 0.6) is 0 Å². The van der Waals surface area contributed by atoms with Gasteiger partial charge in [0.15, 0.2) is 0 Å². The molecule has 19 heteroatoms. The topological polar surface area (TPSA) is 221 Å². The third-order valence-electron chi connectivity index (χ3n) is 5.97. The van der Waals surface area contributed by atoms with E-state index in [2.05, 4.69) is 40.1 Å². The Balaban J connectivity index is 0.00000442. The number of hydrogen-bond donors (Lipinski definition) is 5. The number of nitrogens with zero attached hydrogens (tertiary/aromatic N) is 4. The summed E-state index contributed by atoms with van der Waals surface area (Å²) in [4.78, 5) is 38.7. The van der Waals surface area contributed by atoms with Gasteiger partial charge in [-0.05, 0) is 66.7 Å². The monoisotopic (exact) mass is 705 g/mol. The van der Waals surface area contributed by atoms with Crippen molar-refractivity contribution in [2.24, 2.45) is 0 Å². The predicted octanol–water partition coefficient (Wildman–Crippen LogP) is 3.23. The Morgan fingerprint density at radius 2 is 1.05 bits per heavy atom. The van der Waals surface area contributed by atoms with Crippen LogP contribution in [0.1, 0.15) is 20.7 Å². The first-order valence-corrected chi connectivity index (χ1v) is 15.6. The standard InChI is InChI=1S/C25H21N7O8PS2.Cu/c33-21-19-10-5-16(13-20(19)22(34)32(21)11-12-41)28-25-30-23(26-14-1-6-17(7-2-14)42(35,36)37)29-24(31-25)27-15-3-8-18(9-4-15)43(38,39)40;/h1-10,12-13H,11,41H2,(H,35,36,37)(H,38,39,40)(H3,26,27,28,29,30,31);/q-1;+1. The van der Waals surface area contributed by atoms with E-state index >= 15 is 0 Å². The van der Waals surface area contributed by atoms with E-state index in [1.54, 1.807) is 12.2 Å². The molecule has 0 bridgehead atoms. The van der Waals surface area contributed by atoms with Gasteiger partial charge in [0.05, 0.1) is 20.9 Å². The van der Waals surface area contributed by atoms with E-state index in [1.165, 1.54) is 60.7 Å². The van der Waals surface area contributed by atoms with Crippen LogP contribution in [0, 0.1) is 6.16 Å². The van der Waals surface area contributed by atoms with Crippen molar-refractivity contribution < 1.29 is 52.6 Å². The van der Waals surface area contributed by atoms with Gasteiger partial charge in [-0.15, -0.1) is 0 Å². The number of rotatable bonds is 10. The molecule has 15 nitrogen and oxygen atoms in total. The van der Waals surface area contributed by atoms with E-state index in [1.807, 2.05) is 0 Å². The fourth-order valence-corrected chi connectivity index (χ4v) is 5.16. The Hall–Kier alpha value is -4.02. The summed E-state index contributed by atoms with van der Waals surface area (Å²) in [5.74, 6) is -0.892. The van der Waals surface area contributed by atoms with Crippen molar-refractivity contribution in [3.63, 3.8) is 0 Å². The molecule has 232 valence electrons. The average molecular weight is 706 g/mol. The van der Waals surface area contributed by atoms with Crippen LogP contribution in [-0.2, 0) is 37.3 Å².